The first kappa shape index (κ1) is 26.6. The van der Waals surface area contributed by atoms with Crippen LogP contribution in [0.1, 0.15) is 28.4 Å². The number of carbonyl (C=O) groups is 3. The average molecular weight is 555 g/mol. The predicted octanol–water partition coefficient (Wildman–Crippen LogP) is 4.91. The number of hydrogen-bond acceptors (Lipinski definition) is 6. The molecule has 0 atom stereocenters. The summed E-state index contributed by atoms with van der Waals surface area (Å²) in [5.41, 5.74) is 2.80. The molecule has 2 N–H and O–H groups in total. The van der Waals surface area contributed by atoms with Crippen LogP contribution >= 0.6 is 11.6 Å². The van der Waals surface area contributed by atoms with Crippen molar-refractivity contribution in [2.24, 2.45) is 0 Å². The maximum absolute atomic E-state index is 13.6. The largest absolute Gasteiger partial charge is 0.480 e. The van der Waals surface area contributed by atoms with E-state index in [0.717, 1.165) is 10.2 Å². The lowest BCUT2D eigenvalue weighted by Crippen LogP contribution is -2.29. The van der Waals surface area contributed by atoms with Crippen LogP contribution in [0.5, 0.6) is 5.88 Å². The number of halogens is 1. The molecule has 40 heavy (non-hydrogen) atoms. The maximum atomic E-state index is 13.6. The second-order valence-corrected chi connectivity index (χ2v) is 9.49. The first-order valence-electron chi connectivity index (χ1n) is 12.2. The van der Waals surface area contributed by atoms with E-state index in [4.69, 9.17) is 16.3 Å². The number of methoxy groups -OCH3 is 1. The number of anilines is 2. The Bertz CT molecular complexity index is 1760. The number of Topliss-reactive ketones (excluding diaryl/α,β-unsaturated/α-hetero) is 1. The van der Waals surface area contributed by atoms with Crippen molar-refractivity contribution in [1.29, 1.82) is 0 Å². The Hall–Kier alpha value is -5.02. The van der Waals surface area contributed by atoms with Gasteiger partial charge in [0.2, 0.25) is 11.8 Å². The molecule has 3 aromatic carbocycles. The van der Waals surface area contributed by atoms with Gasteiger partial charge in [-0.2, -0.15) is 4.68 Å². The summed E-state index contributed by atoms with van der Waals surface area (Å²) in [6, 6.07) is 20.0. The molecule has 0 saturated carbocycles. The van der Waals surface area contributed by atoms with E-state index in [2.05, 4.69) is 15.7 Å². The Labute approximate surface area is 234 Å². The zero-order chi connectivity index (χ0) is 28.4. The van der Waals surface area contributed by atoms with Crippen molar-refractivity contribution in [3.8, 4) is 17.0 Å². The zero-order valence-corrected chi connectivity index (χ0v) is 22.3. The van der Waals surface area contributed by atoms with E-state index < -0.39 is 11.5 Å². The molecule has 1 aromatic heterocycles. The van der Waals surface area contributed by atoms with Gasteiger partial charge in [0, 0.05) is 28.0 Å². The molecule has 9 nitrogen and oxygen atoms in total. The lowest BCUT2D eigenvalue weighted by atomic mass is 9.98. The summed E-state index contributed by atoms with van der Waals surface area (Å²) < 4.78 is 6.45. The molecular formula is C30H23ClN4O5. The number of hydrogen-bond donors (Lipinski definition) is 2. The number of carbonyl (C=O) groups excluding carboxylic acids is 3. The average Bonchev–Trinajstić information content (AvgIpc) is 3.31. The summed E-state index contributed by atoms with van der Waals surface area (Å²) in [6.45, 7) is 1.41. The number of benzene rings is 3. The van der Waals surface area contributed by atoms with Crippen molar-refractivity contribution in [1.82, 2.24) is 9.78 Å². The van der Waals surface area contributed by atoms with Crippen molar-refractivity contribution >= 4 is 52.3 Å². The highest BCUT2D eigenvalue weighted by Gasteiger charge is 2.23. The van der Waals surface area contributed by atoms with Crippen molar-refractivity contribution in [3.05, 3.63) is 105 Å². The van der Waals surface area contributed by atoms with Gasteiger partial charge in [0.1, 0.15) is 5.70 Å². The van der Waals surface area contributed by atoms with E-state index in [1.54, 1.807) is 60.7 Å². The zero-order valence-electron chi connectivity index (χ0n) is 21.5. The number of nitrogens with zero attached hydrogens (tertiary/aromatic N) is 2. The van der Waals surface area contributed by atoms with E-state index in [1.807, 2.05) is 6.07 Å². The van der Waals surface area contributed by atoms with Crippen LogP contribution in [0.3, 0.4) is 0 Å². The van der Waals surface area contributed by atoms with Crippen LogP contribution in [-0.2, 0) is 16.0 Å². The SMILES string of the molecule is COc1nn(C(=Cc2ccccc2)C(=O)Nc2ccc3c(c2)CC(=O)N3)c(=O)cc1-c1cc(Cl)ccc1C(C)=O. The second-order valence-electron chi connectivity index (χ2n) is 9.05. The number of rotatable bonds is 7. The first-order chi connectivity index (χ1) is 19.2. The van der Waals surface area contributed by atoms with E-state index in [9.17, 15) is 19.2 Å². The third-order valence-corrected chi connectivity index (χ3v) is 6.53. The van der Waals surface area contributed by atoms with Crippen LogP contribution in [0, 0.1) is 0 Å². The van der Waals surface area contributed by atoms with E-state index >= 15 is 0 Å². The molecule has 10 heteroatoms. The molecule has 1 aliphatic heterocycles. The lowest BCUT2D eigenvalue weighted by Gasteiger charge is -2.15. The highest BCUT2D eigenvalue weighted by atomic mass is 35.5. The first-order valence-corrected chi connectivity index (χ1v) is 12.6. The minimum absolute atomic E-state index is 0.0123. The highest BCUT2D eigenvalue weighted by Crippen LogP contribution is 2.33. The Kier molecular flexibility index (Phi) is 7.31. The van der Waals surface area contributed by atoms with Crippen LogP contribution < -0.4 is 20.9 Å². The molecule has 0 unspecified atom stereocenters. The van der Waals surface area contributed by atoms with Gasteiger partial charge < -0.3 is 15.4 Å². The summed E-state index contributed by atoms with van der Waals surface area (Å²) in [7, 11) is 1.37. The maximum Gasteiger partial charge on any atom is 0.274 e. The van der Waals surface area contributed by atoms with Crippen LogP contribution in [-0.4, -0.2) is 34.5 Å². The van der Waals surface area contributed by atoms with E-state index in [-0.39, 0.29) is 35.3 Å². The summed E-state index contributed by atoms with van der Waals surface area (Å²) in [6.07, 6.45) is 1.73. The molecule has 0 fully saturated rings. The Morgan fingerprint density at radius 3 is 2.52 bits per heavy atom. The molecule has 0 spiro atoms. The van der Waals surface area contributed by atoms with Gasteiger partial charge in [-0.05, 0) is 66.1 Å². The number of ether oxygens (including phenoxy) is 1. The number of ketones is 1. The fourth-order valence-electron chi connectivity index (χ4n) is 4.44. The minimum Gasteiger partial charge on any atom is -0.480 e. The van der Waals surface area contributed by atoms with Crippen LogP contribution in [0.2, 0.25) is 5.02 Å². The Balaban J connectivity index is 1.61. The predicted molar refractivity (Wildman–Crippen MR) is 154 cm³/mol. The van der Waals surface area contributed by atoms with Crippen LogP contribution in [0.25, 0.3) is 22.9 Å². The molecule has 2 amide bonds. The molecule has 0 radical (unpaired) electrons. The summed E-state index contributed by atoms with van der Waals surface area (Å²) >= 11 is 6.20. The quantitative estimate of drug-likeness (QED) is 0.247. The monoisotopic (exact) mass is 554 g/mol. The van der Waals surface area contributed by atoms with Gasteiger partial charge in [0.05, 0.1) is 19.1 Å². The molecular weight excluding hydrogens is 532 g/mol. The van der Waals surface area contributed by atoms with Gasteiger partial charge in [-0.15, -0.1) is 5.10 Å². The Morgan fingerprint density at radius 2 is 1.80 bits per heavy atom. The summed E-state index contributed by atoms with van der Waals surface area (Å²) in [5.74, 6) is -0.956. The topological polar surface area (TPSA) is 119 Å². The third kappa shape index (κ3) is 5.41. The summed E-state index contributed by atoms with van der Waals surface area (Å²) in [4.78, 5) is 51.1. The molecule has 200 valence electrons. The number of fused-ring (bicyclic) bond motifs is 1. The van der Waals surface area contributed by atoms with Gasteiger partial charge >= 0.3 is 0 Å². The molecule has 2 heterocycles. The lowest BCUT2D eigenvalue weighted by molar-refractivity contribution is -0.115. The van der Waals surface area contributed by atoms with Crippen LogP contribution in [0.15, 0.2) is 77.6 Å². The highest BCUT2D eigenvalue weighted by molar-refractivity contribution is 6.31. The third-order valence-electron chi connectivity index (χ3n) is 6.29. The number of aromatic nitrogens is 2. The van der Waals surface area contributed by atoms with Gasteiger partial charge in [-0.3, -0.25) is 19.2 Å². The van der Waals surface area contributed by atoms with Crippen LogP contribution in [0.4, 0.5) is 11.4 Å². The van der Waals surface area contributed by atoms with Crippen molar-refractivity contribution in [2.75, 3.05) is 17.7 Å². The molecule has 0 bridgehead atoms. The molecule has 0 aliphatic carbocycles. The fraction of sp³-hybridized carbons (Fsp3) is 0.100. The van der Waals surface area contributed by atoms with Gasteiger partial charge in [-0.1, -0.05) is 41.9 Å². The van der Waals surface area contributed by atoms with E-state index in [1.165, 1.54) is 26.2 Å². The number of amides is 2. The molecule has 4 aromatic rings. The fourth-order valence-corrected chi connectivity index (χ4v) is 4.61. The van der Waals surface area contributed by atoms with E-state index in [0.29, 0.717) is 33.1 Å². The van der Waals surface area contributed by atoms with Gasteiger partial charge in [-0.25, -0.2) is 0 Å². The molecule has 0 saturated heterocycles. The smallest absolute Gasteiger partial charge is 0.274 e. The minimum atomic E-state index is -0.633. The second kappa shape index (κ2) is 11.0. The van der Waals surface area contributed by atoms with Gasteiger partial charge in [0.25, 0.3) is 11.5 Å². The number of nitrogens with one attached hydrogen (secondary N) is 2. The van der Waals surface area contributed by atoms with Crippen molar-refractivity contribution in [2.45, 2.75) is 13.3 Å². The molecule has 1 aliphatic rings. The molecule has 5 rings (SSSR count). The normalized spacial score (nSPS) is 12.5. The standard InChI is InChI=1S/C30H23ClN4O5/c1-17(36)22-10-8-20(31)15-23(22)24-16-28(38)35(34-30(24)40-2)26(12-18-6-4-3-5-7-18)29(39)32-21-9-11-25-19(13-21)14-27(37)33-25/h3-13,15-16H,14H2,1-2H3,(H,32,39)(H,33,37). The Morgan fingerprint density at radius 1 is 1.02 bits per heavy atom. The van der Waals surface area contributed by atoms with Crippen molar-refractivity contribution in [3.63, 3.8) is 0 Å². The summed E-state index contributed by atoms with van der Waals surface area (Å²) in [5, 5.41) is 10.3. The van der Waals surface area contributed by atoms with Crippen molar-refractivity contribution < 1.29 is 19.1 Å². The van der Waals surface area contributed by atoms with Gasteiger partial charge in [0.15, 0.2) is 5.78 Å².